The lowest BCUT2D eigenvalue weighted by Crippen LogP contribution is -2.27. The molecule has 0 fully saturated rings. The average Bonchev–Trinajstić information content (AvgIpc) is 2.70. The fraction of sp³-hybridized carbons (Fsp3) is 0.950. The van der Waals surface area contributed by atoms with Crippen LogP contribution in [0.5, 0.6) is 0 Å². The Hall–Kier alpha value is -0.500. The molecule has 0 aromatic heterocycles. The fourth-order valence-corrected chi connectivity index (χ4v) is 3.63. The number of nitrogens with two attached hydrogens (primary N) is 1. The average molecular weight is 440 g/mol. The summed E-state index contributed by atoms with van der Waals surface area (Å²) in [6, 6.07) is 0. The van der Waals surface area contributed by atoms with Crippen LogP contribution in [0.15, 0.2) is 0 Å². The summed E-state index contributed by atoms with van der Waals surface area (Å²) in [6.07, 6.45) is 13.8. The second kappa shape index (κ2) is 19.5. The van der Waals surface area contributed by atoms with Gasteiger partial charge in [-0.15, -0.1) is 0 Å². The van der Waals surface area contributed by atoms with Crippen LogP contribution in [0.2, 0.25) is 0 Å². The number of carbonyl (C=O) groups is 1. The lowest BCUT2D eigenvalue weighted by atomic mass is 10.0. The molecule has 174 valence electrons. The maximum atomic E-state index is 11.8. The zero-order chi connectivity index (χ0) is 21.8. The molecule has 0 spiro atoms. The molecule has 0 amide bonds. The molecule has 0 aliphatic carbocycles. The third-order valence-corrected chi connectivity index (χ3v) is 5.52. The lowest BCUT2D eigenvalue weighted by Gasteiger charge is -2.17. The number of phosphoric ester groups is 1. The summed E-state index contributed by atoms with van der Waals surface area (Å²) < 4.78 is 25.9. The first kappa shape index (κ1) is 28.5. The molecule has 0 aromatic rings. The Labute approximate surface area is 176 Å². The van der Waals surface area contributed by atoms with Crippen molar-refractivity contribution in [2.45, 2.75) is 96.5 Å². The molecule has 29 heavy (non-hydrogen) atoms. The Balaban J connectivity index is 3.65. The number of hydrogen-bond donors (Lipinski definition) is 3. The van der Waals surface area contributed by atoms with Crippen LogP contribution in [0.1, 0.15) is 90.4 Å². The molecule has 9 heteroatoms. The molecule has 0 aliphatic rings. The smallest absolute Gasteiger partial charge is 0.457 e. The van der Waals surface area contributed by atoms with E-state index >= 15 is 0 Å². The zero-order valence-electron chi connectivity index (χ0n) is 18.1. The van der Waals surface area contributed by atoms with Crippen LogP contribution in [0.3, 0.4) is 0 Å². The molecular weight excluding hydrogens is 397 g/mol. The summed E-state index contributed by atoms with van der Waals surface area (Å²) in [7, 11) is -4.25. The van der Waals surface area contributed by atoms with Crippen LogP contribution in [0.25, 0.3) is 0 Å². The fourth-order valence-electron chi connectivity index (χ4n) is 2.86. The van der Waals surface area contributed by atoms with Crippen LogP contribution >= 0.6 is 7.82 Å². The van der Waals surface area contributed by atoms with Gasteiger partial charge in [-0.2, -0.15) is 0 Å². The van der Waals surface area contributed by atoms with Gasteiger partial charge >= 0.3 is 13.8 Å². The number of aliphatic hydroxyl groups excluding tert-OH is 1. The summed E-state index contributed by atoms with van der Waals surface area (Å²) in [4.78, 5) is 21.2. The van der Waals surface area contributed by atoms with Gasteiger partial charge in [-0.25, -0.2) is 4.57 Å². The molecule has 0 heterocycles. The van der Waals surface area contributed by atoms with Crippen molar-refractivity contribution < 1.29 is 33.1 Å². The number of hydrogen-bond acceptors (Lipinski definition) is 7. The van der Waals surface area contributed by atoms with Gasteiger partial charge in [0.15, 0.2) is 0 Å². The molecule has 8 nitrogen and oxygen atoms in total. The number of carbonyl (C=O) groups excluding carboxylic acids is 1. The van der Waals surface area contributed by atoms with Gasteiger partial charge in [0.05, 0.1) is 19.8 Å². The van der Waals surface area contributed by atoms with E-state index in [1.807, 2.05) is 0 Å². The van der Waals surface area contributed by atoms with Gasteiger partial charge in [0.2, 0.25) is 0 Å². The molecule has 4 N–H and O–H groups in total. The topological polar surface area (TPSA) is 128 Å². The summed E-state index contributed by atoms with van der Waals surface area (Å²) >= 11 is 0. The number of unbranched alkanes of at least 4 members (excludes halogenated alkanes) is 11. The van der Waals surface area contributed by atoms with Gasteiger partial charge in [0, 0.05) is 13.0 Å². The molecule has 0 saturated carbocycles. The second-order valence-corrected chi connectivity index (χ2v) is 8.77. The highest BCUT2D eigenvalue weighted by atomic mass is 31.2. The van der Waals surface area contributed by atoms with Gasteiger partial charge in [-0.3, -0.25) is 13.8 Å². The van der Waals surface area contributed by atoms with Crippen LogP contribution in [0, 0.1) is 0 Å². The van der Waals surface area contributed by atoms with Crippen molar-refractivity contribution in [3.8, 4) is 0 Å². The highest BCUT2D eigenvalue weighted by Crippen LogP contribution is 2.42. The highest BCUT2D eigenvalue weighted by molar-refractivity contribution is 7.47. The van der Waals surface area contributed by atoms with E-state index in [4.69, 9.17) is 15.0 Å². The van der Waals surface area contributed by atoms with E-state index in [2.05, 4.69) is 11.4 Å². The third kappa shape index (κ3) is 19.2. The maximum Gasteiger partial charge on any atom is 0.472 e. The normalized spacial score (nSPS) is 14.5. The van der Waals surface area contributed by atoms with Crippen molar-refractivity contribution in [1.82, 2.24) is 0 Å². The third-order valence-electron chi connectivity index (χ3n) is 4.53. The molecule has 0 aromatic carbocycles. The Kier molecular flexibility index (Phi) is 19.1. The zero-order valence-corrected chi connectivity index (χ0v) is 19.0. The largest absolute Gasteiger partial charge is 0.472 e. The van der Waals surface area contributed by atoms with Gasteiger partial charge in [-0.1, -0.05) is 77.6 Å². The van der Waals surface area contributed by atoms with Crippen LogP contribution in [-0.2, 0) is 23.1 Å². The van der Waals surface area contributed by atoms with Crippen LogP contribution < -0.4 is 5.73 Å². The molecular formula is C20H42NO7P. The van der Waals surface area contributed by atoms with Gasteiger partial charge in [0.1, 0.15) is 6.10 Å². The van der Waals surface area contributed by atoms with E-state index in [1.54, 1.807) is 0 Å². The minimum atomic E-state index is -4.25. The highest BCUT2D eigenvalue weighted by Gasteiger charge is 2.24. The van der Waals surface area contributed by atoms with Gasteiger partial charge in [-0.05, 0) is 6.42 Å². The van der Waals surface area contributed by atoms with E-state index in [1.165, 1.54) is 57.8 Å². The standard InChI is InChI=1S/C20H42NO7P/c1-2-3-4-5-6-7-8-9-10-11-12-13-14-20(23)28-19(17-22)18-27-29(24,25)26-16-15-21/h19,22H,2-18,21H2,1H3,(H,24,25). The van der Waals surface area contributed by atoms with Crippen molar-refractivity contribution in [1.29, 1.82) is 0 Å². The minimum Gasteiger partial charge on any atom is -0.457 e. The quantitative estimate of drug-likeness (QED) is 0.139. The lowest BCUT2D eigenvalue weighted by molar-refractivity contribution is -0.153. The number of esters is 1. The second-order valence-electron chi connectivity index (χ2n) is 7.32. The Morgan fingerprint density at radius 2 is 1.45 bits per heavy atom. The number of rotatable bonds is 21. The summed E-state index contributed by atoms with van der Waals surface area (Å²) in [5.74, 6) is -0.449. The van der Waals surface area contributed by atoms with Crippen LogP contribution in [0.4, 0.5) is 0 Å². The van der Waals surface area contributed by atoms with Crippen molar-refractivity contribution in [2.24, 2.45) is 5.73 Å². The SMILES string of the molecule is CCCCCCCCCCCCCCC(=O)OC(CO)COP(=O)(O)OCCN. The predicted molar refractivity (Wildman–Crippen MR) is 113 cm³/mol. The molecule has 0 radical (unpaired) electrons. The van der Waals surface area contributed by atoms with Crippen molar-refractivity contribution in [3.05, 3.63) is 0 Å². The number of phosphoric acid groups is 1. The molecule has 0 aliphatic heterocycles. The van der Waals surface area contributed by atoms with E-state index in [9.17, 15) is 19.4 Å². The molecule has 0 rings (SSSR count). The Morgan fingerprint density at radius 1 is 0.931 bits per heavy atom. The van der Waals surface area contributed by atoms with Crippen molar-refractivity contribution >= 4 is 13.8 Å². The summed E-state index contributed by atoms with van der Waals surface area (Å²) in [6.45, 7) is 1.26. The minimum absolute atomic E-state index is 0.0748. The van der Waals surface area contributed by atoms with Gasteiger partial charge < -0.3 is 20.5 Å². The van der Waals surface area contributed by atoms with Gasteiger partial charge in [0.25, 0.3) is 0 Å². The summed E-state index contributed by atoms with van der Waals surface area (Å²) in [5, 5.41) is 9.23. The van der Waals surface area contributed by atoms with Crippen molar-refractivity contribution in [3.63, 3.8) is 0 Å². The molecule has 0 bridgehead atoms. The Morgan fingerprint density at radius 3 is 1.93 bits per heavy atom. The maximum absolute atomic E-state index is 11.8. The molecule has 2 atom stereocenters. The first-order valence-corrected chi connectivity index (χ1v) is 12.6. The van der Waals surface area contributed by atoms with Crippen LogP contribution in [-0.4, -0.2) is 48.4 Å². The first-order valence-electron chi connectivity index (χ1n) is 11.1. The first-order chi connectivity index (χ1) is 13.9. The monoisotopic (exact) mass is 439 g/mol. The summed E-state index contributed by atoms with van der Waals surface area (Å²) in [5.41, 5.74) is 5.18. The van der Waals surface area contributed by atoms with E-state index in [0.717, 1.165) is 19.3 Å². The molecule has 2 unspecified atom stereocenters. The van der Waals surface area contributed by atoms with E-state index < -0.39 is 33.1 Å². The van der Waals surface area contributed by atoms with Crippen molar-refractivity contribution in [2.75, 3.05) is 26.4 Å². The predicted octanol–water partition coefficient (Wildman–Crippen LogP) is 4.07. The van der Waals surface area contributed by atoms with E-state index in [-0.39, 0.29) is 19.6 Å². The number of aliphatic hydroxyl groups is 1. The number of ether oxygens (including phenoxy) is 1. The van der Waals surface area contributed by atoms with E-state index in [0.29, 0.717) is 0 Å². The molecule has 0 saturated heterocycles. The Bertz CT molecular complexity index is 437.